The molecule has 1 N–H and O–H groups in total. The maximum Gasteiger partial charge on any atom is 0.273 e. The van der Waals surface area contributed by atoms with Crippen molar-refractivity contribution in [2.75, 3.05) is 13.1 Å². The van der Waals surface area contributed by atoms with Crippen LogP contribution < -0.4 is 5.32 Å². The van der Waals surface area contributed by atoms with Crippen molar-refractivity contribution in [2.45, 2.75) is 44.1 Å². The summed E-state index contributed by atoms with van der Waals surface area (Å²) < 4.78 is 0. The Morgan fingerprint density at radius 1 is 1.03 bits per heavy atom. The molecule has 1 aromatic heterocycles. The molecule has 3 aromatic rings. The Labute approximate surface area is 215 Å². The second kappa shape index (κ2) is 10.6. The number of carbonyl (C=O) groups excluding carboxylic acids is 2. The minimum atomic E-state index is -0.681. The van der Waals surface area contributed by atoms with Crippen molar-refractivity contribution in [3.63, 3.8) is 0 Å². The molecule has 0 spiro atoms. The van der Waals surface area contributed by atoms with Crippen molar-refractivity contribution in [1.29, 1.82) is 0 Å². The number of nitrogens with one attached hydrogen (secondary N) is 1. The van der Waals surface area contributed by atoms with Crippen LogP contribution in [0.1, 0.15) is 65.3 Å². The van der Waals surface area contributed by atoms with E-state index < -0.39 is 5.41 Å². The standard InChI is InChI=1S/C29H30N4O2S/c1-21(22-9-4-2-5-10-22)31-28(35)29(24-12-6-3-7-13-24)14-17-33(18-15-29)27(34)25-20-36-26(32-25)23-11-8-16-30-19-23/h2-7,9-10,12-13,16,19-21H,8,11,14-15,17-18H2,1H3,(H,31,35)/t21-/m0/s1. The van der Waals surface area contributed by atoms with Crippen LogP contribution in [0.2, 0.25) is 0 Å². The average molecular weight is 499 g/mol. The van der Waals surface area contributed by atoms with E-state index in [1.54, 1.807) is 0 Å². The van der Waals surface area contributed by atoms with Gasteiger partial charge in [-0.1, -0.05) is 60.7 Å². The van der Waals surface area contributed by atoms with Crippen molar-refractivity contribution >= 4 is 34.9 Å². The molecule has 0 unspecified atom stereocenters. The first-order valence-corrected chi connectivity index (χ1v) is 13.3. The first kappa shape index (κ1) is 24.1. The highest BCUT2D eigenvalue weighted by Gasteiger charge is 2.44. The summed E-state index contributed by atoms with van der Waals surface area (Å²) in [6.45, 7) is 3.01. The van der Waals surface area contributed by atoms with Gasteiger partial charge >= 0.3 is 0 Å². The number of aliphatic imine (C=N–C) groups is 1. The number of hydrogen-bond acceptors (Lipinski definition) is 5. The summed E-state index contributed by atoms with van der Waals surface area (Å²) in [6, 6.07) is 19.9. The van der Waals surface area contributed by atoms with Crippen LogP contribution in [0.4, 0.5) is 0 Å². The van der Waals surface area contributed by atoms with Gasteiger partial charge < -0.3 is 10.2 Å². The molecule has 1 saturated heterocycles. The maximum atomic E-state index is 13.8. The van der Waals surface area contributed by atoms with Crippen LogP contribution >= 0.6 is 11.3 Å². The predicted molar refractivity (Wildman–Crippen MR) is 144 cm³/mol. The molecule has 36 heavy (non-hydrogen) atoms. The van der Waals surface area contributed by atoms with Gasteiger partial charge in [0.25, 0.3) is 5.91 Å². The Balaban J connectivity index is 1.32. The van der Waals surface area contributed by atoms with Crippen molar-refractivity contribution in [3.8, 4) is 0 Å². The number of benzene rings is 2. The molecular weight excluding hydrogens is 468 g/mol. The van der Waals surface area contributed by atoms with E-state index in [9.17, 15) is 9.59 Å². The van der Waals surface area contributed by atoms with Gasteiger partial charge in [-0.3, -0.25) is 14.6 Å². The highest BCUT2D eigenvalue weighted by molar-refractivity contribution is 7.11. The minimum absolute atomic E-state index is 0.0119. The number of carbonyl (C=O) groups is 2. The Morgan fingerprint density at radius 2 is 1.72 bits per heavy atom. The van der Waals surface area contributed by atoms with Crippen LogP contribution in [-0.2, 0) is 10.2 Å². The molecule has 1 atom stereocenters. The number of hydrogen-bond donors (Lipinski definition) is 1. The summed E-state index contributed by atoms with van der Waals surface area (Å²) in [5.41, 5.74) is 2.93. The summed E-state index contributed by atoms with van der Waals surface area (Å²) in [6.07, 6.45) is 6.64. The van der Waals surface area contributed by atoms with Crippen molar-refractivity contribution in [1.82, 2.24) is 15.2 Å². The van der Waals surface area contributed by atoms with E-state index in [-0.39, 0.29) is 17.9 Å². The Hall–Kier alpha value is -3.58. The molecular formula is C29H30N4O2S. The number of allylic oxidation sites excluding steroid dienone is 1. The van der Waals surface area contributed by atoms with Crippen LogP contribution in [0.3, 0.4) is 0 Å². The first-order valence-electron chi connectivity index (χ1n) is 12.4. The van der Waals surface area contributed by atoms with Gasteiger partial charge in [0.05, 0.1) is 11.5 Å². The van der Waals surface area contributed by atoms with Crippen molar-refractivity contribution < 1.29 is 9.59 Å². The number of likely N-dealkylation sites (tertiary alicyclic amines) is 1. The van der Waals surface area contributed by atoms with Crippen LogP contribution in [0.25, 0.3) is 5.57 Å². The van der Waals surface area contributed by atoms with Gasteiger partial charge in [0, 0.05) is 36.5 Å². The molecule has 0 radical (unpaired) electrons. The third kappa shape index (κ3) is 4.88. The summed E-state index contributed by atoms with van der Waals surface area (Å²) >= 11 is 1.49. The summed E-state index contributed by atoms with van der Waals surface area (Å²) in [5, 5.41) is 5.95. The Kier molecular flexibility index (Phi) is 7.09. The molecule has 2 aromatic carbocycles. The topological polar surface area (TPSA) is 74.7 Å². The van der Waals surface area contributed by atoms with E-state index in [4.69, 9.17) is 0 Å². The lowest BCUT2D eigenvalue weighted by molar-refractivity contribution is -0.129. The number of amides is 2. The van der Waals surface area contributed by atoms with E-state index in [0.717, 1.165) is 34.5 Å². The van der Waals surface area contributed by atoms with E-state index in [0.29, 0.717) is 31.6 Å². The third-order valence-corrected chi connectivity index (χ3v) is 8.11. The number of piperidine rings is 1. The van der Waals surface area contributed by atoms with E-state index in [1.807, 2.05) is 90.3 Å². The number of thiazole rings is 1. The monoisotopic (exact) mass is 498 g/mol. The number of rotatable bonds is 6. The zero-order valence-corrected chi connectivity index (χ0v) is 21.2. The third-order valence-electron chi connectivity index (χ3n) is 7.19. The molecule has 0 aliphatic carbocycles. The first-order chi connectivity index (χ1) is 17.6. The average Bonchev–Trinajstić information content (AvgIpc) is 3.44. The fourth-order valence-electron chi connectivity index (χ4n) is 5.00. The minimum Gasteiger partial charge on any atom is -0.349 e. The lowest BCUT2D eigenvalue weighted by atomic mass is 9.71. The molecule has 2 aliphatic heterocycles. The largest absolute Gasteiger partial charge is 0.349 e. The van der Waals surface area contributed by atoms with E-state index in [1.165, 1.54) is 11.3 Å². The molecule has 3 heterocycles. The van der Waals surface area contributed by atoms with Gasteiger partial charge in [0.1, 0.15) is 10.7 Å². The lowest BCUT2D eigenvalue weighted by Crippen LogP contribution is -2.53. The molecule has 6 nitrogen and oxygen atoms in total. The molecule has 184 valence electrons. The van der Waals surface area contributed by atoms with Crippen LogP contribution in [0, 0.1) is 0 Å². The molecule has 7 heteroatoms. The lowest BCUT2D eigenvalue weighted by Gasteiger charge is -2.41. The summed E-state index contributed by atoms with van der Waals surface area (Å²) in [5.74, 6) is -0.0602. The Morgan fingerprint density at radius 3 is 2.39 bits per heavy atom. The van der Waals surface area contributed by atoms with Gasteiger partial charge in [-0.15, -0.1) is 11.3 Å². The normalized spacial score (nSPS) is 17.8. The summed E-state index contributed by atoms with van der Waals surface area (Å²) in [4.78, 5) is 37.8. The fourth-order valence-corrected chi connectivity index (χ4v) is 5.83. The number of nitrogens with zero attached hydrogens (tertiary/aromatic N) is 3. The number of aromatic nitrogens is 1. The van der Waals surface area contributed by atoms with Gasteiger partial charge in [0.2, 0.25) is 5.91 Å². The van der Waals surface area contributed by atoms with Crippen molar-refractivity contribution in [3.05, 3.63) is 94.1 Å². The van der Waals surface area contributed by atoms with E-state index >= 15 is 0 Å². The Bertz CT molecular complexity index is 1270. The van der Waals surface area contributed by atoms with Gasteiger partial charge in [-0.05, 0) is 43.7 Å². The van der Waals surface area contributed by atoms with Gasteiger partial charge in [-0.2, -0.15) is 0 Å². The SMILES string of the molecule is C[C@H](NC(=O)C1(c2ccccc2)CCN(C(=O)c2csc(C3=CN=CCC3)n2)CC1)c1ccccc1. The van der Waals surface area contributed by atoms with E-state index in [2.05, 4.69) is 15.3 Å². The molecule has 2 amide bonds. The molecule has 1 fully saturated rings. The molecule has 0 bridgehead atoms. The second-order valence-corrected chi connectivity index (χ2v) is 10.3. The highest BCUT2D eigenvalue weighted by atomic mass is 32.1. The second-order valence-electron chi connectivity index (χ2n) is 9.41. The smallest absolute Gasteiger partial charge is 0.273 e. The van der Waals surface area contributed by atoms with Gasteiger partial charge in [-0.25, -0.2) is 4.98 Å². The van der Waals surface area contributed by atoms with Crippen LogP contribution in [-0.4, -0.2) is 41.0 Å². The fraction of sp³-hybridized carbons (Fsp3) is 0.310. The highest BCUT2D eigenvalue weighted by Crippen LogP contribution is 2.37. The predicted octanol–water partition coefficient (Wildman–Crippen LogP) is 5.40. The summed E-state index contributed by atoms with van der Waals surface area (Å²) in [7, 11) is 0. The maximum absolute atomic E-state index is 13.8. The quantitative estimate of drug-likeness (QED) is 0.494. The zero-order valence-electron chi connectivity index (χ0n) is 20.4. The zero-order chi connectivity index (χ0) is 25.0. The molecule has 0 saturated carbocycles. The molecule has 5 rings (SSSR count). The van der Waals surface area contributed by atoms with Gasteiger partial charge in [0.15, 0.2) is 0 Å². The molecule has 2 aliphatic rings. The van der Waals surface area contributed by atoms with Crippen LogP contribution in [0.5, 0.6) is 0 Å². The van der Waals surface area contributed by atoms with Crippen molar-refractivity contribution in [2.24, 2.45) is 4.99 Å². The van der Waals surface area contributed by atoms with Crippen LogP contribution in [0.15, 0.2) is 77.2 Å².